The Labute approximate surface area is 118 Å². The van der Waals surface area contributed by atoms with Crippen LogP contribution in [0.1, 0.15) is 47.7 Å². The molecule has 104 valence electrons. The van der Waals surface area contributed by atoms with Crippen LogP contribution in [0.2, 0.25) is 0 Å². The number of aromatic nitrogens is 3. The summed E-state index contributed by atoms with van der Waals surface area (Å²) in [4.78, 5) is 18.6. The second-order valence-corrected chi connectivity index (χ2v) is 5.21. The molecule has 1 aliphatic rings. The van der Waals surface area contributed by atoms with Gasteiger partial charge in [-0.25, -0.2) is 4.98 Å². The first-order valence-electron chi connectivity index (χ1n) is 7.00. The number of aromatic amines is 1. The average Bonchev–Trinajstić information content (AvgIpc) is 3.17. The maximum atomic E-state index is 12.5. The third kappa shape index (κ3) is 2.43. The number of amides is 1. The van der Waals surface area contributed by atoms with Crippen LogP contribution >= 0.6 is 0 Å². The van der Waals surface area contributed by atoms with Crippen LogP contribution in [-0.2, 0) is 0 Å². The largest absolute Gasteiger partial charge is 0.306 e. The second kappa shape index (κ2) is 5.07. The Morgan fingerprint density at radius 1 is 1.45 bits per heavy atom. The molecule has 1 saturated carbocycles. The Kier molecular flexibility index (Phi) is 3.26. The van der Waals surface area contributed by atoms with Gasteiger partial charge in [-0.1, -0.05) is 12.1 Å². The van der Waals surface area contributed by atoms with Gasteiger partial charge in [0.2, 0.25) is 5.82 Å². The van der Waals surface area contributed by atoms with E-state index in [0.717, 1.165) is 29.9 Å². The summed E-state index contributed by atoms with van der Waals surface area (Å²) in [5.74, 6) is 1.42. The van der Waals surface area contributed by atoms with Crippen LogP contribution in [0.3, 0.4) is 0 Å². The Bertz CT molecular complexity index is 630. The zero-order valence-electron chi connectivity index (χ0n) is 11.8. The molecule has 5 nitrogen and oxygen atoms in total. The molecule has 1 N–H and O–H groups in total. The third-order valence-electron chi connectivity index (χ3n) is 3.53. The van der Waals surface area contributed by atoms with Crippen molar-refractivity contribution in [3.8, 4) is 0 Å². The third-order valence-corrected chi connectivity index (χ3v) is 3.53. The van der Waals surface area contributed by atoms with Crippen LogP contribution in [0.25, 0.3) is 0 Å². The van der Waals surface area contributed by atoms with Gasteiger partial charge in [0, 0.05) is 18.2 Å². The topological polar surface area (TPSA) is 61.9 Å². The first-order chi connectivity index (χ1) is 9.69. The predicted molar refractivity (Wildman–Crippen MR) is 76.9 cm³/mol. The lowest BCUT2D eigenvalue weighted by molar-refractivity contribution is 0.0978. The van der Waals surface area contributed by atoms with Gasteiger partial charge in [-0.2, -0.15) is 0 Å². The standard InChI is InChI=1S/C15H18N4O/c1-3-19(12-6-4-5-10(2)9-12)15(20)14-16-13(17-18-14)11-7-8-11/h4-6,9,11H,3,7-8H2,1-2H3,(H,16,17,18). The van der Waals surface area contributed by atoms with Crippen molar-refractivity contribution in [2.45, 2.75) is 32.6 Å². The first kappa shape index (κ1) is 12.8. The molecule has 0 unspecified atom stereocenters. The lowest BCUT2D eigenvalue weighted by atomic mass is 10.2. The van der Waals surface area contributed by atoms with E-state index in [0.29, 0.717) is 12.5 Å². The van der Waals surface area contributed by atoms with Crippen molar-refractivity contribution in [1.82, 2.24) is 15.2 Å². The molecule has 2 aromatic rings. The molecule has 1 aliphatic carbocycles. The van der Waals surface area contributed by atoms with Crippen molar-refractivity contribution < 1.29 is 4.79 Å². The molecule has 0 radical (unpaired) electrons. The molecule has 1 aromatic carbocycles. The minimum Gasteiger partial charge on any atom is -0.306 e. The number of benzene rings is 1. The van der Waals surface area contributed by atoms with E-state index in [1.807, 2.05) is 38.1 Å². The molecule has 3 rings (SSSR count). The highest BCUT2D eigenvalue weighted by Crippen LogP contribution is 2.37. The number of rotatable bonds is 4. The van der Waals surface area contributed by atoms with Crippen LogP contribution in [-0.4, -0.2) is 27.6 Å². The Hall–Kier alpha value is -2.17. The van der Waals surface area contributed by atoms with Gasteiger partial charge < -0.3 is 4.90 Å². The number of aryl methyl sites for hydroxylation is 1. The maximum Gasteiger partial charge on any atom is 0.297 e. The van der Waals surface area contributed by atoms with Crippen LogP contribution < -0.4 is 4.90 Å². The molecule has 1 amide bonds. The number of hydrogen-bond donors (Lipinski definition) is 1. The Balaban J connectivity index is 1.85. The van der Waals surface area contributed by atoms with E-state index in [4.69, 9.17) is 0 Å². The fraction of sp³-hybridized carbons (Fsp3) is 0.400. The van der Waals surface area contributed by atoms with Gasteiger partial charge in [-0.05, 0) is 44.4 Å². The monoisotopic (exact) mass is 270 g/mol. The van der Waals surface area contributed by atoms with Crippen LogP contribution in [0.4, 0.5) is 5.69 Å². The van der Waals surface area contributed by atoms with E-state index >= 15 is 0 Å². The lowest BCUT2D eigenvalue weighted by Crippen LogP contribution is -2.31. The summed E-state index contributed by atoms with van der Waals surface area (Å²) in [7, 11) is 0. The van der Waals surface area contributed by atoms with E-state index in [1.54, 1.807) is 4.90 Å². The van der Waals surface area contributed by atoms with Crippen molar-refractivity contribution in [1.29, 1.82) is 0 Å². The summed E-state index contributed by atoms with van der Waals surface area (Å²) in [5, 5.41) is 6.95. The summed E-state index contributed by atoms with van der Waals surface area (Å²) in [5.41, 5.74) is 2.01. The molecule has 1 aromatic heterocycles. The molecule has 5 heteroatoms. The van der Waals surface area contributed by atoms with Crippen molar-refractivity contribution in [2.75, 3.05) is 11.4 Å². The molecule has 20 heavy (non-hydrogen) atoms. The zero-order valence-corrected chi connectivity index (χ0v) is 11.8. The van der Waals surface area contributed by atoms with Gasteiger partial charge in [0.05, 0.1) is 0 Å². The van der Waals surface area contributed by atoms with E-state index in [1.165, 1.54) is 0 Å². The molecule has 0 atom stereocenters. The summed E-state index contributed by atoms with van der Waals surface area (Å²) in [6.45, 7) is 4.56. The zero-order chi connectivity index (χ0) is 14.1. The predicted octanol–water partition coefficient (Wildman–Crippen LogP) is 2.66. The maximum absolute atomic E-state index is 12.5. The van der Waals surface area contributed by atoms with Crippen molar-refractivity contribution in [2.24, 2.45) is 0 Å². The van der Waals surface area contributed by atoms with Gasteiger partial charge >= 0.3 is 0 Å². The lowest BCUT2D eigenvalue weighted by Gasteiger charge is -2.19. The van der Waals surface area contributed by atoms with Gasteiger partial charge in [0.1, 0.15) is 5.82 Å². The molecular formula is C15H18N4O. The average molecular weight is 270 g/mol. The number of carbonyl (C=O) groups is 1. The summed E-state index contributed by atoms with van der Waals surface area (Å²) in [6.07, 6.45) is 2.27. The number of anilines is 1. The normalized spacial score (nSPS) is 14.3. The van der Waals surface area contributed by atoms with E-state index in [9.17, 15) is 4.79 Å². The van der Waals surface area contributed by atoms with Gasteiger partial charge in [-0.3, -0.25) is 9.89 Å². The molecule has 0 bridgehead atoms. The van der Waals surface area contributed by atoms with Crippen molar-refractivity contribution >= 4 is 11.6 Å². The summed E-state index contributed by atoms with van der Waals surface area (Å²) >= 11 is 0. The number of nitrogens with zero attached hydrogens (tertiary/aromatic N) is 3. The van der Waals surface area contributed by atoms with Crippen LogP contribution in [0, 0.1) is 6.92 Å². The molecular weight excluding hydrogens is 252 g/mol. The fourth-order valence-corrected chi connectivity index (χ4v) is 2.27. The highest BCUT2D eigenvalue weighted by molar-refractivity contribution is 6.03. The summed E-state index contributed by atoms with van der Waals surface area (Å²) in [6, 6.07) is 7.90. The molecule has 0 aliphatic heterocycles. The van der Waals surface area contributed by atoms with Crippen molar-refractivity contribution in [3.05, 3.63) is 41.5 Å². The number of nitrogens with one attached hydrogen (secondary N) is 1. The number of carbonyl (C=O) groups excluding carboxylic acids is 1. The second-order valence-electron chi connectivity index (χ2n) is 5.21. The minimum atomic E-state index is -0.152. The van der Waals surface area contributed by atoms with Crippen LogP contribution in [0.5, 0.6) is 0 Å². The SMILES string of the molecule is CCN(C(=O)c1n[nH]c(C2CC2)n1)c1cccc(C)c1. The number of H-pyrrole nitrogens is 1. The van der Waals surface area contributed by atoms with E-state index in [-0.39, 0.29) is 11.7 Å². The fourth-order valence-electron chi connectivity index (χ4n) is 2.27. The molecule has 0 saturated heterocycles. The molecule has 1 heterocycles. The summed E-state index contributed by atoms with van der Waals surface area (Å²) < 4.78 is 0. The van der Waals surface area contributed by atoms with Crippen LogP contribution in [0.15, 0.2) is 24.3 Å². The quantitative estimate of drug-likeness (QED) is 0.929. The van der Waals surface area contributed by atoms with E-state index in [2.05, 4.69) is 15.2 Å². The smallest absolute Gasteiger partial charge is 0.297 e. The first-order valence-corrected chi connectivity index (χ1v) is 7.00. The highest BCUT2D eigenvalue weighted by Gasteiger charge is 2.29. The minimum absolute atomic E-state index is 0.152. The molecule has 1 fully saturated rings. The highest BCUT2D eigenvalue weighted by atomic mass is 16.2. The van der Waals surface area contributed by atoms with Crippen molar-refractivity contribution in [3.63, 3.8) is 0 Å². The van der Waals surface area contributed by atoms with E-state index < -0.39 is 0 Å². The Morgan fingerprint density at radius 3 is 2.90 bits per heavy atom. The molecule has 0 spiro atoms. The number of hydrogen-bond acceptors (Lipinski definition) is 3. The Morgan fingerprint density at radius 2 is 2.25 bits per heavy atom. The van der Waals surface area contributed by atoms with Gasteiger partial charge in [-0.15, -0.1) is 5.10 Å². The van der Waals surface area contributed by atoms with Gasteiger partial charge in [0.25, 0.3) is 5.91 Å². The van der Waals surface area contributed by atoms with Gasteiger partial charge in [0.15, 0.2) is 0 Å².